The first-order valence-corrected chi connectivity index (χ1v) is 7.60. The third-order valence-electron chi connectivity index (χ3n) is 3.18. The summed E-state index contributed by atoms with van der Waals surface area (Å²) in [6.45, 7) is 2.11. The number of carbonyl (C=O) groups excluding carboxylic acids is 1. The second-order valence-electron chi connectivity index (χ2n) is 4.34. The molecule has 1 heterocycles. The molecule has 16 heavy (non-hydrogen) atoms. The number of amides is 1. The Morgan fingerprint density at radius 2 is 2.31 bits per heavy atom. The van der Waals surface area contributed by atoms with Crippen LogP contribution < -0.4 is 5.32 Å². The standard InChI is InChI=1S/C12H16BrNOS/c1-2-9-4-5-10(16-9)11(15)14-12(8-13)6-3-7-12/h4-5H,2-3,6-8H2,1H3,(H,14,15). The summed E-state index contributed by atoms with van der Waals surface area (Å²) in [5, 5.41) is 4.02. The molecule has 2 nitrogen and oxygen atoms in total. The molecule has 1 fully saturated rings. The number of hydrogen-bond donors (Lipinski definition) is 1. The molecule has 1 N–H and O–H groups in total. The van der Waals surface area contributed by atoms with Gasteiger partial charge >= 0.3 is 0 Å². The summed E-state index contributed by atoms with van der Waals surface area (Å²) in [4.78, 5) is 14.1. The SMILES string of the molecule is CCc1ccc(C(=O)NC2(CBr)CCC2)s1. The second-order valence-corrected chi connectivity index (χ2v) is 6.07. The molecule has 0 aliphatic heterocycles. The molecule has 1 aliphatic rings. The van der Waals surface area contributed by atoms with Crippen LogP contribution in [0.15, 0.2) is 12.1 Å². The second kappa shape index (κ2) is 4.88. The summed E-state index contributed by atoms with van der Waals surface area (Å²) >= 11 is 5.09. The van der Waals surface area contributed by atoms with E-state index in [0.717, 1.165) is 29.5 Å². The van der Waals surface area contributed by atoms with E-state index in [0.29, 0.717) is 0 Å². The Morgan fingerprint density at radius 1 is 1.56 bits per heavy atom. The third-order valence-corrected chi connectivity index (χ3v) is 5.48. The van der Waals surface area contributed by atoms with Gasteiger partial charge in [-0.1, -0.05) is 22.9 Å². The number of alkyl halides is 1. The Morgan fingerprint density at radius 3 is 2.75 bits per heavy atom. The van der Waals surface area contributed by atoms with Crippen LogP contribution in [0.1, 0.15) is 40.7 Å². The smallest absolute Gasteiger partial charge is 0.261 e. The van der Waals surface area contributed by atoms with Crippen molar-refractivity contribution in [3.63, 3.8) is 0 Å². The Hall–Kier alpha value is -0.350. The van der Waals surface area contributed by atoms with Crippen LogP contribution in [0.5, 0.6) is 0 Å². The first-order valence-electron chi connectivity index (χ1n) is 5.66. The van der Waals surface area contributed by atoms with Crippen LogP contribution >= 0.6 is 27.3 Å². The fraction of sp³-hybridized carbons (Fsp3) is 0.583. The fourth-order valence-electron chi connectivity index (χ4n) is 1.89. The molecule has 88 valence electrons. The van der Waals surface area contributed by atoms with Gasteiger partial charge in [0.2, 0.25) is 0 Å². The highest BCUT2D eigenvalue weighted by atomic mass is 79.9. The van der Waals surface area contributed by atoms with Crippen LogP contribution in [0, 0.1) is 0 Å². The van der Waals surface area contributed by atoms with E-state index >= 15 is 0 Å². The van der Waals surface area contributed by atoms with E-state index in [2.05, 4.69) is 28.2 Å². The number of rotatable bonds is 4. The van der Waals surface area contributed by atoms with Crippen molar-refractivity contribution in [3.05, 3.63) is 21.9 Å². The average molecular weight is 302 g/mol. The van der Waals surface area contributed by atoms with Gasteiger partial charge in [0.15, 0.2) is 0 Å². The Balaban J connectivity index is 2.02. The van der Waals surface area contributed by atoms with Crippen molar-refractivity contribution in [2.24, 2.45) is 0 Å². The van der Waals surface area contributed by atoms with Gasteiger partial charge in [0.1, 0.15) is 0 Å². The summed E-state index contributed by atoms with van der Waals surface area (Å²) in [7, 11) is 0. The van der Waals surface area contributed by atoms with Crippen LogP contribution in [-0.2, 0) is 6.42 Å². The topological polar surface area (TPSA) is 29.1 Å². The first-order chi connectivity index (χ1) is 7.69. The van der Waals surface area contributed by atoms with Gasteiger partial charge in [0.25, 0.3) is 5.91 Å². The minimum absolute atomic E-state index is 0.0213. The minimum Gasteiger partial charge on any atom is -0.345 e. The number of halogens is 1. The van der Waals surface area contributed by atoms with Crippen molar-refractivity contribution in [1.82, 2.24) is 5.32 Å². The van der Waals surface area contributed by atoms with Crippen molar-refractivity contribution >= 4 is 33.2 Å². The quantitative estimate of drug-likeness (QED) is 0.849. The first kappa shape index (κ1) is 12.1. The van der Waals surface area contributed by atoms with Crippen LogP contribution in [0.25, 0.3) is 0 Å². The molecule has 1 saturated carbocycles. The van der Waals surface area contributed by atoms with Crippen LogP contribution in [-0.4, -0.2) is 16.8 Å². The monoisotopic (exact) mass is 301 g/mol. The molecule has 0 bridgehead atoms. The van der Waals surface area contributed by atoms with Gasteiger partial charge in [-0.25, -0.2) is 0 Å². The molecule has 0 atom stereocenters. The van der Waals surface area contributed by atoms with Gasteiger partial charge in [0.05, 0.1) is 10.4 Å². The fourth-order valence-corrected chi connectivity index (χ4v) is 3.43. The maximum Gasteiger partial charge on any atom is 0.261 e. The number of carbonyl (C=O) groups is 1. The lowest BCUT2D eigenvalue weighted by Gasteiger charge is -2.41. The summed E-state index contributed by atoms with van der Waals surface area (Å²) in [6, 6.07) is 3.97. The molecule has 1 aromatic heterocycles. The molecular formula is C12H16BrNOS. The average Bonchev–Trinajstić information content (AvgIpc) is 2.71. The van der Waals surface area contributed by atoms with Crippen molar-refractivity contribution in [3.8, 4) is 0 Å². The molecule has 0 aromatic carbocycles. The van der Waals surface area contributed by atoms with E-state index in [1.54, 1.807) is 11.3 Å². The molecule has 4 heteroatoms. The molecule has 0 unspecified atom stereocenters. The Kier molecular flexibility index (Phi) is 3.70. The lowest BCUT2D eigenvalue weighted by Crippen LogP contribution is -2.54. The highest BCUT2D eigenvalue weighted by Gasteiger charge is 2.37. The van der Waals surface area contributed by atoms with Crippen molar-refractivity contribution in [2.45, 2.75) is 38.1 Å². The number of nitrogens with one attached hydrogen (secondary N) is 1. The number of thiophene rings is 1. The lowest BCUT2D eigenvalue weighted by atomic mass is 9.78. The van der Waals surface area contributed by atoms with Crippen molar-refractivity contribution < 1.29 is 4.79 Å². The van der Waals surface area contributed by atoms with Crippen LogP contribution in [0.2, 0.25) is 0 Å². The van der Waals surface area contributed by atoms with E-state index in [9.17, 15) is 4.79 Å². The summed E-state index contributed by atoms with van der Waals surface area (Å²) in [5.74, 6) is 0.0869. The van der Waals surface area contributed by atoms with E-state index in [4.69, 9.17) is 0 Å². The van der Waals surface area contributed by atoms with Gasteiger partial charge in [-0.15, -0.1) is 11.3 Å². The molecule has 1 amide bonds. The van der Waals surface area contributed by atoms with Gasteiger partial charge < -0.3 is 5.32 Å². The maximum absolute atomic E-state index is 12.0. The molecule has 1 aliphatic carbocycles. The van der Waals surface area contributed by atoms with Crippen molar-refractivity contribution in [1.29, 1.82) is 0 Å². The highest BCUT2D eigenvalue weighted by Crippen LogP contribution is 2.34. The van der Waals surface area contributed by atoms with Gasteiger partial charge in [0, 0.05) is 10.2 Å². The zero-order chi connectivity index (χ0) is 11.6. The predicted molar refractivity (Wildman–Crippen MR) is 71.5 cm³/mol. The van der Waals surface area contributed by atoms with Gasteiger partial charge in [-0.3, -0.25) is 4.79 Å². The van der Waals surface area contributed by atoms with Gasteiger partial charge in [-0.2, -0.15) is 0 Å². The van der Waals surface area contributed by atoms with E-state index in [1.807, 2.05) is 12.1 Å². The van der Waals surface area contributed by atoms with Gasteiger partial charge in [-0.05, 0) is 37.8 Å². The molecule has 1 aromatic rings. The lowest BCUT2D eigenvalue weighted by molar-refractivity contribution is 0.0861. The van der Waals surface area contributed by atoms with Crippen molar-refractivity contribution in [2.75, 3.05) is 5.33 Å². The summed E-state index contributed by atoms with van der Waals surface area (Å²) < 4.78 is 0. The Bertz CT molecular complexity index is 379. The minimum atomic E-state index is 0.0213. The zero-order valence-corrected chi connectivity index (χ0v) is 11.8. The largest absolute Gasteiger partial charge is 0.345 e. The molecule has 0 spiro atoms. The maximum atomic E-state index is 12.0. The highest BCUT2D eigenvalue weighted by molar-refractivity contribution is 9.09. The molecule has 0 radical (unpaired) electrons. The number of aryl methyl sites for hydroxylation is 1. The molecular weight excluding hydrogens is 286 g/mol. The zero-order valence-electron chi connectivity index (χ0n) is 9.38. The normalized spacial score (nSPS) is 17.9. The number of hydrogen-bond acceptors (Lipinski definition) is 2. The predicted octanol–water partition coefficient (Wildman–Crippen LogP) is 3.36. The summed E-state index contributed by atoms with van der Waals surface area (Å²) in [6.07, 6.45) is 4.41. The summed E-state index contributed by atoms with van der Waals surface area (Å²) in [5.41, 5.74) is 0.0213. The van der Waals surface area contributed by atoms with Crippen LogP contribution in [0.3, 0.4) is 0 Å². The molecule has 2 rings (SSSR count). The van der Waals surface area contributed by atoms with E-state index in [-0.39, 0.29) is 11.4 Å². The molecule has 0 saturated heterocycles. The Labute approximate surface area is 109 Å². The van der Waals surface area contributed by atoms with Crippen LogP contribution in [0.4, 0.5) is 0 Å². The third kappa shape index (κ3) is 2.33. The van der Waals surface area contributed by atoms with E-state index in [1.165, 1.54) is 11.3 Å². The van der Waals surface area contributed by atoms with E-state index < -0.39 is 0 Å².